The molecule has 0 bridgehead atoms. The van der Waals surface area contributed by atoms with Crippen LogP contribution in [0.3, 0.4) is 0 Å². The van der Waals surface area contributed by atoms with Crippen LogP contribution < -0.4 is 4.74 Å². The summed E-state index contributed by atoms with van der Waals surface area (Å²) in [5, 5.41) is 15.1. The summed E-state index contributed by atoms with van der Waals surface area (Å²) < 4.78 is 6.95. The van der Waals surface area contributed by atoms with Gasteiger partial charge in [0.2, 0.25) is 0 Å². The van der Waals surface area contributed by atoms with E-state index in [2.05, 4.69) is 15.3 Å². The van der Waals surface area contributed by atoms with Crippen molar-refractivity contribution in [3.63, 3.8) is 0 Å². The quantitative estimate of drug-likeness (QED) is 0.407. The molecule has 0 saturated carbocycles. The lowest BCUT2D eigenvalue weighted by atomic mass is 10.2. The first kappa shape index (κ1) is 18.1. The molecule has 0 saturated heterocycles. The largest absolute Gasteiger partial charge is 0.497 e. The zero-order chi connectivity index (χ0) is 18.8. The summed E-state index contributed by atoms with van der Waals surface area (Å²) >= 11 is 13.7. The number of fused-ring (bicyclic) bond motifs is 1. The monoisotopic (exact) mass is 416 g/mol. The Morgan fingerprint density at radius 3 is 2.52 bits per heavy atom. The van der Waals surface area contributed by atoms with Gasteiger partial charge in [-0.1, -0.05) is 41.0 Å². The molecule has 5 nitrogen and oxygen atoms in total. The molecule has 0 unspecified atom stereocenters. The van der Waals surface area contributed by atoms with E-state index in [0.29, 0.717) is 21.5 Å². The summed E-state index contributed by atoms with van der Waals surface area (Å²) in [7, 11) is 1.64. The van der Waals surface area contributed by atoms with Crippen LogP contribution >= 0.6 is 35.0 Å². The summed E-state index contributed by atoms with van der Waals surface area (Å²) in [5.74, 6) is 2.21. The molecule has 0 aliphatic rings. The predicted molar refractivity (Wildman–Crippen MR) is 109 cm³/mol. The number of halogens is 2. The Morgan fingerprint density at radius 1 is 0.963 bits per heavy atom. The van der Waals surface area contributed by atoms with Crippen molar-refractivity contribution in [2.75, 3.05) is 7.11 Å². The number of thioether (sulfide) groups is 1. The lowest BCUT2D eigenvalue weighted by Crippen LogP contribution is -1.97. The van der Waals surface area contributed by atoms with Gasteiger partial charge in [-0.05, 0) is 54.1 Å². The van der Waals surface area contributed by atoms with Crippen molar-refractivity contribution in [3.8, 4) is 17.1 Å². The maximum Gasteiger partial charge on any atom is 0.185 e. The van der Waals surface area contributed by atoms with Gasteiger partial charge in [-0.3, -0.25) is 0 Å². The van der Waals surface area contributed by atoms with Crippen molar-refractivity contribution >= 4 is 40.6 Å². The molecule has 0 aliphatic carbocycles. The molecule has 4 rings (SSSR count). The number of benzene rings is 2. The molecule has 2 aromatic carbocycles. The van der Waals surface area contributed by atoms with E-state index in [1.54, 1.807) is 29.5 Å². The molecule has 0 atom stereocenters. The van der Waals surface area contributed by atoms with Crippen LogP contribution in [0.15, 0.2) is 59.6 Å². The van der Waals surface area contributed by atoms with E-state index in [1.807, 2.05) is 48.5 Å². The third-order valence-electron chi connectivity index (χ3n) is 3.96. The molecular formula is C19H14Cl2N4OS. The van der Waals surface area contributed by atoms with Gasteiger partial charge in [0.05, 0.1) is 17.2 Å². The normalized spacial score (nSPS) is 11.1. The van der Waals surface area contributed by atoms with Crippen LogP contribution in [0.25, 0.3) is 17.0 Å². The third kappa shape index (κ3) is 3.88. The molecule has 0 aliphatic heterocycles. The van der Waals surface area contributed by atoms with Gasteiger partial charge < -0.3 is 4.74 Å². The van der Waals surface area contributed by atoms with E-state index < -0.39 is 0 Å². The first-order valence-electron chi connectivity index (χ1n) is 8.07. The number of ether oxygens (including phenoxy) is 1. The second-order valence-electron chi connectivity index (χ2n) is 5.73. The average Bonchev–Trinajstić information content (AvgIpc) is 3.12. The highest BCUT2D eigenvalue weighted by molar-refractivity contribution is 7.98. The summed E-state index contributed by atoms with van der Waals surface area (Å²) in [6.07, 6.45) is 0. The van der Waals surface area contributed by atoms with Crippen molar-refractivity contribution in [2.24, 2.45) is 0 Å². The van der Waals surface area contributed by atoms with Crippen LogP contribution in [-0.4, -0.2) is 26.9 Å². The average molecular weight is 417 g/mol. The van der Waals surface area contributed by atoms with E-state index >= 15 is 0 Å². The van der Waals surface area contributed by atoms with Crippen LogP contribution in [0.1, 0.15) is 5.56 Å². The second-order valence-corrected chi connectivity index (χ2v) is 7.54. The zero-order valence-electron chi connectivity index (χ0n) is 14.3. The van der Waals surface area contributed by atoms with E-state index in [0.717, 1.165) is 27.7 Å². The van der Waals surface area contributed by atoms with E-state index in [4.69, 9.17) is 27.9 Å². The first-order valence-corrected chi connectivity index (χ1v) is 9.82. The van der Waals surface area contributed by atoms with Crippen LogP contribution in [-0.2, 0) is 5.75 Å². The summed E-state index contributed by atoms with van der Waals surface area (Å²) in [6.45, 7) is 0. The number of hydrogen-bond acceptors (Lipinski definition) is 5. The fraction of sp³-hybridized carbons (Fsp3) is 0.105. The van der Waals surface area contributed by atoms with Gasteiger partial charge in [-0.25, -0.2) is 0 Å². The smallest absolute Gasteiger partial charge is 0.185 e. The Hall–Kier alpha value is -2.28. The van der Waals surface area contributed by atoms with E-state index in [1.165, 1.54) is 0 Å². The molecule has 0 N–H and O–H groups in total. The highest BCUT2D eigenvalue weighted by Crippen LogP contribution is 2.28. The second kappa shape index (κ2) is 7.76. The van der Waals surface area contributed by atoms with Gasteiger partial charge in [-0.15, -0.1) is 10.2 Å². The molecule has 8 heteroatoms. The molecular weight excluding hydrogens is 403 g/mol. The summed E-state index contributed by atoms with van der Waals surface area (Å²) in [4.78, 5) is 0. The van der Waals surface area contributed by atoms with E-state index in [-0.39, 0.29) is 0 Å². The summed E-state index contributed by atoms with van der Waals surface area (Å²) in [6, 6.07) is 17.1. The van der Waals surface area contributed by atoms with Gasteiger partial charge in [-0.2, -0.15) is 9.61 Å². The van der Waals surface area contributed by atoms with Crippen LogP contribution in [0.4, 0.5) is 0 Å². The first-order chi connectivity index (χ1) is 13.1. The lowest BCUT2D eigenvalue weighted by molar-refractivity contribution is 0.415. The Balaban J connectivity index is 1.60. The minimum Gasteiger partial charge on any atom is -0.497 e. The lowest BCUT2D eigenvalue weighted by Gasteiger charge is -2.05. The molecule has 0 amide bonds. The van der Waals surface area contributed by atoms with Gasteiger partial charge >= 0.3 is 0 Å². The van der Waals surface area contributed by atoms with Crippen molar-refractivity contribution in [2.45, 2.75) is 10.8 Å². The standard InChI is InChI=1S/C19H14Cl2N4OS/c1-26-14-5-3-13(4-6-14)19-23-22-17-8-9-18(24-25(17)19)27-11-12-2-7-15(20)16(21)10-12/h2-10H,11H2,1H3. The Morgan fingerprint density at radius 2 is 1.78 bits per heavy atom. The van der Waals surface area contributed by atoms with Gasteiger partial charge in [0.15, 0.2) is 11.5 Å². The van der Waals surface area contributed by atoms with Gasteiger partial charge in [0, 0.05) is 11.3 Å². The molecule has 27 heavy (non-hydrogen) atoms. The highest BCUT2D eigenvalue weighted by Gasteiger charge is 2.11. The third-order valence-corrected chi connectivity index (χ3v) is 5.69. The van der Waals surface area contributed by atoms with Crippen LogP contribution in [0.2, 0.25) is 10.0 Å². The highest BCUT2D eigenvalue weighted by atomic mass is 35.5. The number of rotatable bonds is 5. The van der Waals surface area contributed by atoms with E-state index in [9.17, 15) is 0 Å². The van der Waals surface area contributed by atoms with Gasteiger partial charge in [0.1, 0.15) is 10.8 Å². The number of hydrogen-bond donors (Lipinski definition) is 0. The maximum absolute atomic E-state index is 6.08. The van der Waals surface area contributed by atoms with Crippen LogP contribution in [0, 0.1) is 0 Å². The fourth-order valence-electron chi connectivity index (χ4n) is 2.56. The molecule has 4 aromatic rings. The minimum atomic E-state index is 0.554. The number of methoxy groups -OCH3 is 1. The maximum atomic E-state index is 6.08. The molecule has 0 fully saturated rings. The predicted octanol–water partition coefficient (Wildman–Crippen LogP) is 5.40. The van der Waals surface area contributed by atoms with Crippen molar-refractivity contribution in [1.82, 2.24) is 19.8 Å². The topological polar surface area (TPSA) is 52.3 Å². The molecule has 0 spiro atoms. The van der Waals surface area contributed by atoms with Crippen molar-refractivity contribution < 1.29 is 4.74 Å². The zero-order valence-corrected chi connectivity index (χ0v) is 16.6. The molecule has 0 radical (unpaired) electrons. The van der Waals surface area contributed by atoms with Crippen molar-refractivity contribution in [1.29, 1.82) is 0 Å². The number of nitrogens with zero attached hydrogens (tertiary/aromatic N) is 4. The Bertz CT molecular complexity index is 1100. The van der Waals surface area contributed by atoms with Crippen molar-refractivity contribution in [3.05, 3.63) is 70.2 Å². The van der Waals surface area contributed by atoms with Gasteiger partial charge in [0.25, 0.3) is 0 Å². The van der Waals surface area contributed by atoms with Crippen LogP contribution in [0.5, 0.6) is 5.75 Å². The summed E-state index contributed by atoms with van der Waals surface area (Å²) in [5.41, 5.74) is 2.69. The SMILES string of the molecule is COc1ccc(-c2nnc3ccc(SCc4ccc(Cl)c(Cl)c4)nn23)cc1. The number of aromatic nitrogens is 4. The fourth-order valence-corrected chi connectivity index (χ4v) is 3.67. The Labute approximate surface area is 170 Å². The molecule has 136 valence electrons. The molecule has 2 heterocycles. The Kier molecular flexibility index (Phi) is 5.20. The molecule has 2 aromatic heterocycles. The minimum absolute atomic E-state index is 0.554.